The zero-order chi connectivity index (χ0) is 11.3. The molecule has 2 atom stereocenters. The van der Waals surface area contributed by atoms with Crippen molar-refractivity contribution in [3.05, 3.63) is 0 Å². The Morgan fingerprint density at radius 3 is 2.60 bits per heavy atom. The molecular formula is C13H28N2. The van der Waals surface area contributed by atoms with Crippen molar-refractivity contribution in [2.24, 2.45) is 11.7 Å². The minimum atomic E-state index is 0.337. The fourth-order valence-corrected chi connectivity index (χ4v) is 2.59. The van der Waals surface area contributed by atoms with E-state index in [-0.39, 0.29) is 0 Å². The molecule has 1 rings (SSSR count). The lowest BCUT2D eigenvalue weighted by Gasteiger charge is -2.38. The summed E-state index contributed by atoms with van der Waals surface area (Å²) in [4.78, 5) is 2.62. The summed E-state index contributed by atoms with van der Waals surface area (Å²) < 4.78 is 0. The van der Waals surface area contributed by atoms with Crippen LogP contribution in [0.3, 0.4) is 0 Å². The fraction of sp³-hybridized carbons (Fsp3) is 1.00. The Balaban J connectivity index is 2.29. The SMILES string of the molecule is CC(C)CCCN1CCCCC1C(C)N. The van der Waals surface area contributed by atoms with Crippen LogP contribution in [-0.2, 0) is 0 Å². The highest BCUT2D eigenvalue weighted by Gasteiger charge is 2.24. The van der Waals surface area contributed by atoms with Gasteiger partial charge in [-0.25, -0.2) is 0 Å². The van der Waals surface area contributed by atoms with Crippen LogP contribution in [0.25, 0.3) is 0 Å². The van der Waals surface area contributed by atoms with Crippen molar-refractivity contribution < 1.29 is 0 Å². The van der Waals surface area contributed by atoms with E-state index in [9.17, 15) is 0 Å². The molecule has 0 aliphatic carbocycles. The van der Waals surface area contributed by atoms with Crippen molar-refractivity contribution >= 4 is 0 Å². The Morgan fingerprint density at radius 2 is 2.00 bits per heavy atom. The highest BCUT2D eigenvalue weighted by Crippen LogP contribution is 2.19. The van der Waals surface area contributed by atoms with Crippen LogP contribution in [-0.4, -0.2) is 30.1 Å². The molecule has 0 aromatic carbocycles. The second kappa shape index (κ2) is 6.49. The van der Waals surface area contributed by atoms with Crippen LogP contribution < -0.4 is 5.73 Å². The first-order valence-corrected chi connectivity index (χ1v) is 6.61. The molecule has 1 saturated heterocycles. The molecule has 2 unspecified atom stereocenters. The summed E-state index contributed by atoms with van der Waals surface area (Å²) in [5.74, 6) is 0.837. The molecule has 2 nitrogen and oxygen atoms in total. The summed E-state index contributed by atoms with van der Waals surface area (Å²) in [5, 5.41) is 0. The molecule has 0 saturated carbocycles. The topological polar surface area (TPSA) is 29.3 Å². The summed E-state index contributed by atoms with van der Waals surface area (Å²) >= 11 is 0. The van der Waals surface area contributed by atoms with Crippen molar-refractivity contribution in [3.8, 4) is 0 Å². The van der Waals surface area contributed by atoms with Crippen LogP contribution >= 0.6 is 0 Å². The highest BCUT2D eigenvalue weighted by atomic mass is 15.2. The second-order valence-electron chi connectivity index (χ2n) is 5.49. The van der Waals surface area contributed by atoms with E-state index in [1.54, 1.807) is 0 Å². The van der Waals surface area contributed by atoms with Gasteiger partial charge in [0, 0.05) is 12.1 Å². The maximum Gasteiger partial charge on any atom is 0.0244 e. The molecule has 15 heavy (non-hydrogen) atoms. The molecule has 1 aliphatic rings. The zero-order valence-electron chi connectivity index (χ0n) is 10.7. The number of hydrogen-bond donors (Lipinski definition) is 1. The molecule has 2 N–H and O–H groups in total. The van der Waals surface area contributed by atoms with Crippen molar-refractivity contribution in [2.45, 2.75) is 65.0 Å². The van der Waals surface area contributed by atoms with E-state index < -0.39 is 0 Å². The van der Waals surface area contributed by atoms with E-state index in [1.807, 2.05) is 0 Å². The Morgan fingerprint density at radius 1 is 1.27 bits per heavy atom. The van der Waals surface area contributed by atoms with Crippen LogP contribution in [0, 0.1) is 5.92 Å². The Bertz CT molecular complexity index is 166. The van der Waals surface area contributed by atoms with E-state index >= 15 is 0 Å². The standard InChI is InChI=1S/C13H28N2/c1-11(2)7-6-10-15-9-5-4-8-13(15)12(3)14/h11-13H,4-10,14H2,1-3H3. The molecule has 1 aliphatic heterocycles. The molecule has 0 amide bonds. The minimum Gasteiger partial charge on any atom is -0.327 e. The van der Waals surface area contributed by atoms with E-state index in [1.165, 1.54) is 45.2 Å². The smallest absolute Gasteiger partial charge is 0.0244 e. The van der Waals surface area contributed by atoms with Gasteiger partial charge in [0.15, 0.2) is 0 Å². The molecule has 0 aromatic rings. The quantitative estimate of drug-likeness (QED) is 0.759. The first-order chi connectivity index (χ1) is 7.11. The molecule has 0 radical (unpaired) electrons. The van der Waals surface area contributed by atoms with Gasteiger partial charge in [0.25, 0.3) is 0 Å². The number of rotatable bonds is 5. The predicted octanol–water partition coefficient (Wildman–Crippen LogP) is 2.62. The predicted molar refractivity (Wildman–Crippen MR) is 66.9 cm³/mol. The monoisotopic (exact) mass is 212 g/mol. The van der Waals surface area contributed by atoms with Crippen molar-refractivity contribution in [3.63, 3.8) is 0 Å². The number of nitrogens with two attached hydrogens (primary N) is 1. The van der Waals surface area contributed by atoms with Crippen molar-refractivity contribution in [1.29, 1.82) is 0 Å². The van der Waals surface area contributed by atoms with Crippen LogP contribution in [0.4, 0.5) is 0 Å². The Kier molecular flexibility index (Phi) is 5.62. The third-order valence-corrected chi connectivity index (χ3v) is 3.50. The largest absolute Gasteiger partial charge is 0.327 e. The minimum absolute atomic E-state index is 0.337. The normalized spacial score (nSPS) is 25.8. The second-order valence-corrected chi connectivity index (χ2v) is 5.49. The van der Waals surface area contributed by atoms with E-state index in [4.69, 9.17) is 5.73 Å². The van der Waals surface area contributed by atoms with Gasteiger partial charge in [-0.1, -0.05) is 20.3 Å². The molecule has 0 spiro atoms. The van der Waals surface area contributed by atoms with E-state index in [0.717, 1.165) is 5.92 Å². The molecule has 0 bridgehead atoms. The third-order valence-electron chi connectivity index (χ3n) is 3.50. The maximum atomic E-state index is 6.05. The van der Waals surface area contributed by atoms with Crippen molar-refractivity contribution in [1.82, 2.24) is 4.90 Å². The molecule has 90 valence electrons. The van der Waals surface area contributed by atoms with Crippen LogP contribution in [0.1, 0.15) is 52.9 Å². The van der Waals surface area contributed by atoms with Crippen LogP contribution in [0.5, 0.6) is 0 Å². The summed E-state index contributed by atoms with van der Waals surface area (Å²) in [6.07, 6.45) is 6.72. The lowest BCUT2D eigenvalue weighted by atomic mass is 9.96. The van der Waals surface area contributed by atoms with E-state index in [0.29, 0.717) is 12.1 Å². The number of hydrogen-bond acceptors (Lipinski definition) is 2. The van der Waals surface area contributed by atoms with Crippen molar-refractivity contribution in [2.75, 3.05) is 13.1 Å². The van der Waals surface area contributed by atoms with Gasteiger partial charge in [-0.05, 0) is 51.6 Å². The van der Waals surface area contributed by atoms with Gasteiger partial charge in [-0.15, -0.1) is 0 Å². The van der Waals surface area contributed by atoms with Gasteiger partial charge in [-0.2, -0.15) is 0 Å². The molecule has 2 heteroatoms. The average molecular weight is 212 g/mol. The van der Waals surface area contributed by atoms with Crippen LogP contribution in [0.15, 0.2) is 0 Å². The molecule has 0 aromatic heterocycles. The number of piperidine rings is 1. The average Bonchev–Trinajstić information content (AvgIpc) is 2.17. The Hall–Kier alpha value is -0.0800. The molecule has 1 fully saturated rings. The first-order valence-electron chi connectivity index (χ1n) is 6.61. The number of nitrogens with zero attached hydrogens (tertiary/aromatic N) is 1. The van der Waals surface area contributed by atoms with Gasteiger partial charge in [-0.3, -0.25) is 4.90 Å². The first kappa shape index (κ1) is 13.0. The van der Waals surface area contributed by atoms with Gasteiger partial charge < -0.3 is 5.73 Å². The Labute approximate surface area is 95.2 Å². The van der Waals surface area contributed by atoms with Gasteiger partial charge in [0.1, 0.15) is 0 Å². The maximum absolute atomic E-state index is 6.05. The molecule has 1 heterocycles. The summed E-state index contributed by atoms with van der Waals surface area (Å²) in [5.41, 5.74) is 6.05. The van der Waals surface area contributed by atoms with Gasteiger partial charge >= 0.3 is 0 Å². The zero-order valence-corrected chi connectivity index (χ0v) is 10.7. The fourth-order valence-electron chi connectivity index (χ4n) is 2.59. The molecular weight excluding hydrogens is 184 g/mol. The van der Waals surface area contributed by atoms with E-state index in [2.05, 4.69) is 25.7 Å². The lowest BCUT2D eigenvalue weighted by molar-refractivity contribution is 0.127. The van der Waals surface area contributed by atoms with Crippen LogP contribution in [0.2, 0.25) is 0 Å². The van der Waals surface area contributed by atoms with Gasteiger partial charge in [0.2, 0.25) is 0 Å². The summed E-state index contributed by atoms with van der Waals surface area (Å²) in [7, 11) is 0. The third kappa shape index (κ3) is 4.52. The summed E-state index contributed by atoms with van der Waals surface area (Å²) in [6, 6.07) is 0.982. The summed E-state index contributed by atoms with van der Waals surface area (Å²) in [6.45, 7) is 9.29. The lowest BCUT2D eigenvalue weighted by Crippen LogP contribution is -2.49. The van der Waals surface area contributed by atoms with Gasteiger partial charge in [0.05, 0.1) is 0 Å². The highest BCUT2D eigenvalue weighted by molar-refractivity contribution is 4.82. The number of likely N-dealkylation sites (tertiary alicyclic amines) is 1.